The maximum Gasteiger partial charge on any atom is 0.164 e. The van der Waals surface area contributed by atoms with Crippen molar-refractivity contribution >= 4 is 5.78 Å². The second-order valence-electron chi connectivity index (χ2n) is 7.92. The van der Waals surface area contributed by atoms with Crippen molar-refractivity contribution in [1.29, 1.82) is 0 Å². The number of ketones is 1. The van der Waals surface area contributed by atoms with Gasteiger partial charge in [0, 0.05) is 17.3 Å². The van der Waals surface area contributed by atoms with E-state index in [0.29, 0.717) is 12.4 Å². The predicted octanol–water partition coefficient (Wildman–Crippen LogP) is 3.69. The monoisotopic (exact) mass is 299 g/mol. The second kappa shape index (κ2) is 5.45. The maximum atomic E-state index is 12.8. The van der Waals surface area contributed by atoms with E-state index in [-0.39, 0.29) is 12.0 Å². The minimum Gasteiger partial charge on any atom is -0.369 e. The van der Waals surface area contributed by atoms with Gasteiger partial charge in [-0.1, -0.05) is 6.07 Å². The summed E-state index contributed by atoms with van der Waals surface area (Å²) in [5, 5.41) is 0. The molecule has 4 aliphatic carbocycles. The summed E-state index contributed by atoms with van der Waals surface area (Å²) in [5.41, 5.74) is 2.03. The molecule has 1 aromatic heterocycles. The fraction of sp³-hybridized carbons (Fsp3) is 0.684. The number of aromatic nitrogens is 1. The standard InChI is InChI=1S/C19H25NO2/c1-13-2-3-14(10-20-13)11-22-12-18(21)19-7-15-4-16(8-19)6-17(5-15)9-19/h2-3,10,15-17H,4-9,11-12H2,1H3. The zero-order valence-electron chi connectivity index (χ0n) is 13.4. The van der Waals surface area contributed by atoms with E-state index >= 15 is 0 Å². The quantitative estimate of drug-likeness (QED) is 0.832. The summed E-state index contributed by atoms with van der Waals surface area (Å²) in [7, 11) is 0. The van der Waals surface area contributed by atoms with Gasteiger partial charge in [-0.25, -0.2) is 0 Å². The molecule has 1 aromatic rings. The molecule has 3 heteroatoms. The van der Waals surface area contributed by atoms with Crippen LogP contribution >= 0.6 is 0 Å². The first-order valence-electron chi connectivity index (χ1n) is 8.65. The molecule has 22 heavy (non-hydrogen) atoms. The summed E-state index contributed by atoms with van der Waals surface area (Å²) in [5.74, 6) is 2.82. The highest BCUT2D eigenvalue weighted by Gasteiger charge is 2.54. The smallest absolute Gasteiger partial charge is 0.164 e. The van der Waals surface area contributed by atoms with Crippen LogP contribution in [0.3, 0.4) is 0 Å². The second-order valence-corrected chi connectivity index (χ2v) is 7.92. The Labute approximate surface area is 132 Å². The Morgan fingerprint density at radius 3 is 2.36 bits per heavy atom. The number of carbonyl (C=O) groups is 1. The van der Waals surface area contributed by atoms with Crippen molar-refractivity contribution in [3.8, 4) is 0 Å². The number of aryl methyl sites for hydroxylation is 1. The topological polar surface area (TPSA) is 39.2 Å². The third-order valence-corrected chi connectivity index (χ3v) is 6.10. The highest BCUT2D eigenvalue weighted by atomic mass is 16.5. The van der Waals surface area contributed by atoms with Crippen molar-refractivity contribution in [3.05, 3.63) is 29.6 Å². The number of rotatable bonds is 5. The van der Waals surface area contributed by atoms with Crippen LogP contribution in [0.5, 0.6) is 0 Å². The lowest BCUT2D eigenvalue weighted by molar-refractivity contribution is -0.149. The lowest BCUT2D eigenvalue weighted by Crippen LogP contribution is -2.51. The first-order valence-corrected chi connectivity index (χ1v) is 8.65. The Kier molecular flexibility index (Phi) is 3.56. The van der Waals surface area contributed by atoms with Gasteiger partial charge in [-0.15, -0.1) is 0 Å². The molecule has 4 bridgehead atoms. The molecule has 4 aliphatic rings. The van der Waals surface area contributed by atoms with Crippen molar-refractivity contribution in [2.24, 2.45) is 23.2 Å². The van der Waals surface area contributed by atoms with E-state index in [1.807, 2.05) is 25.3 Å². The molecule has 0 saturated heterocycles. The van der Waals surface area contributed by atoms with E-state index in [1.165, 1.54) is 19.3 Å². The summed E-state index contributed by atoms with van der Waals surface area (Å²) < 4.78 is 5.72. The van der Waals surface area contributed by atoms with Gasteiger partial charge in [-0.05, 0) is 74.8 Å². The molecule has 0 N–H and O–H groups in total. The van der Waals surface area contributed by atoms with Crippen LogP contribution in [-0.4, -0.2) is 17.4 Å². The van der Waals surface area contributed by atoms with Crippen LogP contribution < -0.4 is 0 Å². The van der Waals surface area contributed by atoms with E-state index in [4.69, 9.17) is 4.74 Å². The van der Waals surface area contributed by atoms with Gasteiger partial charge < -0.3 is 4.74 Å². The van der Waals surface area contributed by atoms with Gasteiger partial charge in [0.25, 0.3) is 0 Å². The molecule has 0 atom stereocenters. The number of pyridine rings is 1. The van der Waals surface area contributed by atoms with Crippen molar-refractivity contribution in [3.63, 3.8) is 0 Å². The number of ether oxygens (including phenoxy) is 1. The Hall–Kier alpha value is -1.22. The summed E-state index contributed by atoms with van der Waals surface area (Å²) in [6.45, 7) is 2.74. The normalized spacial score (nSPS) is 35.8. The summed E-state index contributed by atoms with van der Waals surface area (Å²) in [6.07, 6.45) is 9.37. The Morgan fingerprint density at radius 1 is 1.18 bits per heavy atom. The van der Waals surface area contributed by atoms with E-state index < -0.39 is 0 Å². The van der Waals surface area contributed by atoms with E-state index in [0.717, 1.165) is 48.3 Å². The summed E-state index contributed by atoms with van der Waals surface area (Å²) >= 11 is 0. The molecule has 0 aliphatic heterocycles. The number of hydrogen-bond acceptors (Lipinski definition) is 3. The zero-order valence-corrected chi connectivity index (χ0v) is 13.4. The van der Waals surface area contributed by atoms with Gasteiger partial charge in [0.05, 0.1) is 6.61 Å². The van der Waals surface area contributed by atoms with Gasteiger partial charge >= 0.3 is 0 Å². The lowest BCUT2D eigenvalue weighted by atomic mass is 9.48. The molecule has 0 amide bonds. The molecule has 5 rings (SSSR count). The zero-order chi connectivity index (χ0) is 15.2. The molecule has 4 saturated carbocycles. The van der Waals surface area contributed by atoms with Gasteiger partial charge in [-0.3, -0.25) is 9.78 Å². The summed E-state index contributed by atoms with van der Waals surface area (Å²) in [6, 6.07) is 4.01. The van der Waals surface area contributed by atoms with E-state index in [1.54, 1.807) is 0 Å². The number of carbonyl (C=O) groups excluding carboxylic acids is 1. The molecular weight excluding hydrogens is 274 g/mol. The molecule has 0 unspecified atom stereocenters. The number of hydrogen-bond donors (Lipinski definition) is 0. The first kappa shape index (κ1) is 14.4. The maximum absolute atomic E-state index is 12.8. The Balaban J connectivity index is 1.35. The number of nitrogens with zero attached hydrogens (tertiary/aromatic N) is 1. The van der Waals surface area contributed by atoms with Crippen molar-refractivity contribution in [1.82, 2.24) is 4.98 Å². The number of Topliss-reactive ketones (excluding diaryl/α,β-unsaturated/α-hetero) is 1. The molecule has 0 spiro atoms. The molecule has 4 fully saturated rings. The fourth-order valence-electron chi connectivity index (χ4n) is 5.45. The third-order valence-electron chi connectivity index (χ3n) is 6.10. The van der Waals surface area contributed by atoms with Gasteiger partial charge in [-0.2, -0.15) is 0 Å². The average molecular weight is 299 g/mol. The van der Waals surface area contributed by atoms with Gasteiger partial charge in [0.1, 0.15) is 6.61 Å². The molecule has 3 nitrogen and oxygen atoms in total. The Morgan fingerprint density at radius 2 is 1.82 bits per heavy atom. The van der Waals surface area contributed by atoms with Crippen LogP contribution in [0.15, 0.2) is 18.3 Å². The van der Waals surface area contributed by atoms with Crippen LogP contribution in [0, 0.1) is 30.1 Å². The first-order chi connectivity index (χ1) is 10.6. The van der Waals surface area contributed by atoms with Crippen LogP contribution in [0.1, 0.15) is 49.8 Å². The van der Waals surface area contributed by atoms with Crippen LogP contribution in [-0.2, 0) is 16.1 Å². The Bertz CT molecular complexity index is 528. The minimum atomic E-state index is -0.0275. The van der Waals surface area contributed by atoms with E-state index in [2.05, 4.69) is 4.98 Å². The average Bonchev–Trinajstić information content (AvgIpc) is 2.48. The van der Waals surface area contributed by atoms with E-state index in [9.17, 15) is 4.79 Å². The van der Waals surface area contributed by atoms with Crippen molar-refractivity contribution in [2.45, 2.75) is 52.1 Å². The van der Waals surface area contributed by atoms with Crippen LogP contribution in [0.25, 0.3) is 0 Å². The molecule has 0 radical (unpaired) electrons. The lowest BCUT2D eigenvalue weighted by Gasteiger charge is -2.55. The van der Waals surface area contributed by atoms with Crippen molar-refractivity contribution in [2.75, 3.05) is 6.61 Å². The fourth-order valence-corrected chi connectivity index (χ4v) is 5.45. The summed E-state index contributed by atoms with van der Waals surface area (Å²) in [4.78, 5) is 17.1. The van der Waals surface area contributed by atoms with Crippen molar-refractivity contribution < 1.29 is 9.53 Å². The van der Waals surface area contributed by atoms with Crippen LogP contribution in [0.4, 0.5) is 0 Å². The van der Waals surface area contributed by atoms with Gasteiger partial charge in [0.15, 0.2) is 5.78 Å². The van der Waals surface area contributed by atoms with Gasteiger partial charge in [0.2, 0.25) is 0 Å². The highest BCUT2D eigenvalue weighted by Crippen LogP contribution is 2.60. The molecule has 118 valence electrons. The minimum absolute atomic E-state index is 0.0275. The third kappa shape index (κ3) is 2.60. The largest absolute Gasteiger partial charge is 0.369 e. The molecular formula is C19H25NO2. The molecule has 0 aromatic carbocycles. The SMILES string of the molecule is Cc1ccc(COCC(=O)C23CC4CC(CC(C4)C2)C3)cn1. The highest BCUT2D eigenvalue weighted by molar-refractivity contribution is 5.86. The molecule has 1 heterocycles. The predicted molar refractivity (Wildman–Crippen MR) is 84.2 cm³/mol. The van der Waals surface area contributed by atoms with Crippen LogP contribution in [0.2, 0.25) is 0 Å².